The summed E-state index contributed by atoms with van der Waals surface area (Å²) in [6.07, 6.45) is 1.60. The lowest BCUT2D eigenvalue weighted by Crippen LogP contribution is -2.29. The summed E-state index contributed by atoms with van der Waals surface area (Å²) in [6.45, 7) is 0. The molecule has 0 aliphatic rings. The van der Waals surface area contributed by atoms with Crippen LogP contribution in [0.15, 0.2) is 45.6 Å². The first-order chi connectivity index (χ1) is 12.7. The van der Waals surface area contributed by atoms with Crippen LogP contribution in [0.3, 0.4) is 0 Å². The van der Waals surface area contributed by atoms with E-state index in [4.69, 9.17) is 9.68 Å². The number of nitrogens with one attached hydrogen (secondary N) is 1. The van der Waals surface area contributed by atoms with Crippen molar-refractivity contribution in [1.29, 1.82) is 5.26 Å². The molecule has 8 nitrogen and oxygen atoms in total. The van der Waals surface area contributed by atoms with E-state index in [1.807, 2.05) is 16.8 Å². The topological polar surface area (TPSA) is 122 Å². The molecular weight excluding hydrogens is 354 g/mol. The van der Waals surface area contributed by atoms with Gasteiger partial charge in [0.2, 0.25) is 11.8 Å². The second-order valence-corrected chi connectivity index (χ2v) is 6.03. The zero-order valence-electron chi connectivity index (χ0n) is 13.5. The van der Waals surface area contributed by atoms with Gasteiger partial charge < -0.3 is 9.73 Å². The molecule has 130 valence electrons. The maximum absolute atomic E-state index is 12.2. The van der Waals surface area contributed by atoms with Crippen molar-refractivity contribution in [2.75, 3.05) is 5.32 Å². The molecule has 0 spiro atoms. The van der Waals surface area contributed by atoms with Gasteiger partial charge >= 0.3 is 0 Å². The Labute approximate surface area is 152 Å². The minimum absolute atomic E-state index is 0.0564. The number of nitrogens with zero attached hydrogens (tertiary/aromatic N) is 4. The largest absolute Gasteiger partial charge is 0.421 e. The van der Waals surface area contributed by atoms with Crippen LogP contribution in [-0.4, -0.2) is 26.9 Å². The first-order valence-corrected chi connectivity index (χ1v) is 8.61. The van der Waals surface area contributed by atoms with Crippen LogP contribution in [0, 0.1) is 17.2 Å². The number of hydrogen-bond donors (Lipinski definition) is 1. The zero-order chi connectivity index (χ0) is 18.4. The van der Waals surface area contributed by atoms with Gasteiger partial charge in [0, 0.05) is 30.0 Å². The van der Waals surface area contributed by atoms with Gasteiger partial charge in [-0.05, 0) is 23.6 Å². The average Bonchev–Trinajstić information content (AvgIpc) is 3.33. The number of carbonyl (C=O) groups excluding carboxylic acids is 2. The fraction of sp³-hybridized carbons (Fsp3) is 0.176. The number of anilines is 1. The summed E-state index contributed by atoms with van der Waals surface area (Å²) in [7, 11) is 0. The third kappa shape index (κ3) is 4.17. The van der Waals surface area contributed by atoms with Gasteiger partial charge in [0.15, 0.2) is 11.7 Å². The molecule has 0 radical (unpaired) electrons. The highest BCUT2D eigenvalue weighted by molar-refractivity contribution is 7.08. The average molecular weight is 367 g/mol. The molecule has 9 heteroatoms. The third-order valence-corrected chi connectivity index (χ3v) is 4.13. The first kappa shape index (κ1) is 17.4. The lowest BCUT2D eigenvalue weighted by atomic mass is 10.0. The van der Waals surface area contributed by atoms with Crippen molar-refractivity contribution < 1.29 is 14.0 Å². The SMILES string of the molecule is N#CC(C(=O)CCc1nnc(-c2ccsc2)o1)C(=O)Nc1ccccn1. The Bertz CT molecular complexity index is 931. The van der Waals surface area contributed by atoms with E-state index in [9.17, 15) is 9.59 Å². The summed E-state index contributed by atoms with van der Waals surface area (Å²) in [4.78, 5) is 28.3. The first-order valence-electron chi connectivity index (χ1n) is 7.66. The molecule has 1 amide bonds. The highest BCUT2D eigenvalue weighted by Crippen LogP contribution is 2.21. The van der Waals surface area contributed by atoms with E-state index in [1.54, 1.807) is 24.3 Å². The molecule has 3 heterocycles. The van der Waals surface area contributed by atoms with E-state index in [2.05, 4.69) is 20.5 Å². The normalized spacial score (nSPS) is 11.5. The van der Waals surface area contributed by atoms with Crippen molar-refractivity contribution in [1.82, 2.24) is 15.2 Å². The van der Waals surface area contributed by atoms with Crippen molar-refractivity contribution in [3.8, 4) is 17.5 Å². The fourth-order valence-electron chi connectivity index (χ4n) is 2.14. The number of thiophene rings is 1. The predicted octanol–water partition coefficient (Wildman–Crippen LogP) is 2.47. The van der Waals surface area contributed by atoms with E-state index in [0.29, 0.717) is 5.89 Å². The molecule has 3 aromatic heterocycles. The van der Waals surface area contributed by atoms with Crippen LogP contribution in [0.5, 0.6) is 0 Å². The number of rotatable bonds is 7. The molecule has 1 N–H and O–H groups in total. The fourth-order valence-corrected chi connectivity index (χ4v) is 2.77. The lowest BCUT2D eigenvalue weighted by molar-refractivity contribution is -0.128. The predicted molar refractivity (Wildman–Crippen MR) is 92.9 cm³/mol. The second kappa shape index (κ2) is 8.13. The van der Waals surface area contributed by atoms with Crippen LogP contribution in [0.4, 0.5) is 5.82 Å². The van der Waals surface area contributed by atoms with Gasteiger partial charge in [-0.2, -0.15) is 16.6 Å². The number of carbonyl (C=O) groups is 2. The molecule has 0 aromatic carbocycles. The van der Waals surface area contributed by atoms with Gasteiger partial charge in [-0.25, -0.2) is 4.98 Å². The minimum Gasteiger partial charge on any atom is -0.421 e. The summed E-state index contributed by atoms with van der Waals surface area (Å²) in [5.41, 5.74) is 0.810. The summed E-state index contributed by atoms with van der Waals surface area (Å²) < 4.78 is 5.49. The van der Waals surface area contributed by atoms with Crippen molar-refractivity contribution in [2.45, 2.75) is 12.8 Å². The Balaban J connectivity index is 1.58. The van der Waals surface area contributed by atoms with Gasteiger partial charge in [-0.1, -0.05) is 6.07 Å². The number of hydrogen-bond acceptors (Lipinski definition) is 8. The van der Waals surface area contributed by atoms with E-state index in [-0.39, 0.29) is 24.6 Å². The Kier molecular flexibility index (Phi) is 5.46. The van der Waals surface area contributed by atoms with Crippen LogP contribution in [0.2, 0.25) is 0 Å². The zero-order valence-corrected chi connectivity index (χ0v) is 14.3. The van der Waals surface area contributed by atoms with Crippen molar-refractivity contribution in [3.63, 3.8) is 0 Å². The van der Waals surface area contributed by atoms with Gasteiger partial charge in [0.1, 0.15) is 5.82 Å². The number of aryl methyl sites for hydroxylation is 1. The molecule has 26 heavy (non-hydrogen) atoms. The lowest BCUT2D eigenvalue weighted by Gasteiger charge is -2.08. The van der Waals surface area contributed by atoms with Crippen LogP contribution < -0.4 is 5.32 Å². The van der Waals surface area contributed by atoms with Crippen LogP contribution >= 0.6 is 11.3 Å². The number of amides is 1. The van der Waals surface area contributed by atoms with Crippen LogP contribution in [-0.2, 0) is 16.0 Å². The highest BCUT2D eigenvalue weighted by Gasteiger charge is 2.27. The molecule has 3 aromatic rings. The maximum atomic E-state index is 12.2. The summed E-state index contributed by atoms with van der Waals surface area (Å²) >= 11 is 1.51. The molecule has 0 saturated carbocycles. The van der Waals surface area contributed by atoms with E-state index in [0.717, 1.165) is 5.56 Å². The van der Waals surface area contributed by atoms with Crippen molar-refractivity contribution >= 4 is 28.8 Å². The summed E-state index contributed by atoms with van der Waals surface area (Å²) in [5, 5.41) is 23.2. The van der Waals surface area contributed by atoms with Crippen LogP contribution in [0.1, 0.15) is 12.3 Å². The molecular formula is C17H13N5O3S. The van der Waals surface area contributed by atoms with Gasteiger partial charge in [-0.3, -0.25) is 9.59 Å². The number of Topliss-reactive ketones (excluding diaryl/α,β-unsaturated/α-hetero) is 1. The van der Waals surface area contributed by atoms with Gasteiger partial charge in [-0.15, -0.1) is 10.2 Å². The van der Waals surface area contributed by atoms with Crippen molar-refractivity contribution in [3.05, 3.63) is 47.1 Å². The Hall–Kier alpha value is -3.38. The number of pyridine rings is 1. The van der Waals surface area contributed by atoms with Crippen molar-refractivity contribution in [2.24, 2.45) is 5.92 Å². The standard InChI is InChI=1S/C17H13N5O3S/c18-9-12(16(24)20-14-3-1-2-7-19-14)13(23)4-5-15-21-22-17(25-15)11-6-8-26-10-11/h1-3,6-8,10,12H,4-5H2,(H,19,20,24). The maximum Gasteiger partial charge on any atom is 0.250 e. The smallest absolute Gasteiger partial charge is 0.250 e. The molecule has 3 rings (SSSR count). The minimum atomic E-state index is -1.42. The Morgan fingerprint density at radius 2 is 2.19 bits per heavy atom. The van der Waals surface area contributed by atoms with E-state index in [1.165, 1.54) is 17.5 Å². The number of ketones is 1. The summed E-state index contributed by atoms with van der Waals surface area (Å²) in [5.74, 6) is -1.71. The third-order valence-electron chi connectivity index (χ3n) is 3.45. The van der Waals surface area contributed by atoms with Crippen LogP contribution in [0.25, 0.3) is 11.5 Å². The molecule has 0 bridgehead atoms. The highest BCUT2D eigenvalue weighted by atomic mass is 32.1. The monoisotopic (exact) mass is 367 g/mol. The van der Waals surface area contributed by atoms with Gasteiger partial charge in [0.05, 0.1) is 6.07 Å². The quantitative estimate of drug-likeness (QED) is 0.636. The van der Waals surface area contributed by atoms with Gasteiger partial charge in [0.25, 0.3) is 5.91 Å². The number of aromatic nitrogens is 3. The number of nitriles is 1. The Morgan fingerprint density at radius 3 is 2.88 bits per heavy atom. The molecule has 0 saturated heterocycles. The molecule has 1 atom stereocenters. The van der Waals surface area contributed by atoms with E-state index < -0.39 is 17.6 Å². The Morgan fingerprint density at radius 1 is 1.31 bits per heavy atom. The molecule has 1 unspecified atom stereocenters. The molecule has 0 aliphatic carbocycles. The van der Waals surface area contributed by atoms with E-state index >= 15 is 0 Å². The molecule has 0 fully saturated rings. The molecule has 0 aliphatic heterocycles. The second-order valence-electron chi connectivity index (χ2n) is 5.25. The summed E-state index contributed by atoms with van der Waals surface area (Å²) in [6, 6.07) is 8.53.